The van der Waals surface area contributed by atoms with E-state index < -0.39 is 5.66 Å². The smallest absolute Gasteiger partial charge is 0.0945 e. The van der Waals surface area contributed by atoms with Gasteiger partial charge in [0.05, 0.1) is 5.66 Å². The molecule has 72 valence electrons. The Balaban J connectivity index is 2.42. The molecule has 0 bridgehead atoms. The minimum absolute atomic E-state index is 0.391. The Bertz CT molecular complexity index is 140. The van der Waals surface area contributed by atoms with Crippen LogP contribution in [0.15, 0.2) is 0 Å². The maximum Gasteiger partial charge on any atom is 0.0945 e. The van der Waals surface area contributed by atoms with Crippen LogP contribution in [0.4, 0.5) is 0 Å². The molecule has 5 nitrogen and oxygen atoms in total. The number of nitrogens with zero attached hydrogens (tertiary/aromatic N) is 1. The van der Waals surface area contributed by atoms with Gasteiger partial charge in [0.25, 0.3) is 0 Å². The highest BCUT2D eigenvalue weighted by Gasteiger charge is 2.32. The van der Waals surface area contributed by atoms with Crippen molar-refractivity contribution in [1.29, 1.82) is 0 Å². The second-order valence-electron chi connectivity index (χ2n) is 3.37. The van der Waals surface area contributed by atoms with Crippen molar-refractivity contribution in [2.45, 2.75) is 18.5 Å². The normalized spacial score (nSPS) is 32.2. The quantitative estimate of drug-likeness (QED) is 0.376. The van der Waals surface area contributed by atoms with E-state index in [4.69, 9.17) is 17.3 Å². The highest BCUT2D eigenvalue weighted by molar-refractivity contribution is 4.88. The molecule has 0 amide bonds. The van der Waals surface area contributed by atoms with Gasteiger partial charge in [-0.3, -0.25) is 5.84 Å². The number of rotatable bonds is 3. The third-order valence-corrected chi connectivity index (χ3v) is 2.35. The largest absolute Gasteiger partial charge is 0.330 e. The molecule has 1 rings (SSSR count). The summed E-state index contributed by atoms with van der Waals surface area (Å²) in [6.07, 6.45) is 1.78. The average Bonchev–Trinajstić information content (AvgIpc) is 2.07. The molecule has 0 radical (unpaired) electrons. The van der Waals surface area contributed by atoms with Crippen molar-refractivity contribution in [2.75, 3.05) is 26.2 Å². The lowest BCUT2D eigenvalue weighted by atomic mass is 10.0. The van der Waals surface area contributed by atoms with Crippen molar-refractivity contribution in [3.63, 3.8) is 0 Å². The monoisotopic (exact) mass is 173 g/mol. The molecule has 1 heterocycles. The fourth-order valence-corrected chi connectivity index (χ4v) is 1.47. The summed E-state index contributed by atoms with van der Waals surface area (Å²) in [4.78, 5) is 0. The lowest BCUT2D eigenvalue weighted by Crippen LogP contribution is -2.69. The van der Waals surface area contributed by atoms with Crippen LogP contribution in [0, 0.1) is 0 Å². The van der Waals surface area contributed by atoms with Crippen molar-refractivity contribution in [2.24, 2.45) is 17.3 Å². The summed E-state index contributed by atoms with van der Waals surface area (Å²) in [5.41, 5.74) is 11.1. The molecule has 1 atom stereocenters. The van der Waals surface area contributed by atoms with Gasteiger partial charge in [0, 0.05) is 19.6 Å². The van der Waals surface area contributed by atoms with Crippen molar-refractivity contribution >= 4 is 0 Å². The van der Waals surface area contributed by atoms with Crippen LogP contribution in [0.5, 0.6) is 0 Å². The molecule has 0 aromatic heterocycles. The summed E-state index contributed by atoms with van der Waals surface area (Å²) in [6, 6.07) is 0. The standard InChI is InChI=1S/C7H19N5/c8-3-1-2-7(9)6-11-4-5-12(7)10/h11H,1-6,8-10H2. The van der Waals surface area contributed by atoms with Crippen molar-refractivity contribution in [3.05, 3.63) is 0 Å². The van der Waals surface area contributed by atoms with E-state index in [0.29, 0.717) is 6.54 Å². The molecule has 1 saturated heterocycles. The first-order valence-corrected chi connectivity index (χ1v) is 4.41. The van der Waals surface area contributed by atoms with Gasteiger partial charge in [-0.05, 0) is 19.4 Å². The van der Waals surface area contributed by atoms with Crippen LogP contribution in [0.25, 0.3) is 0 Å². The highest BCUT2D eigenvalue weighted by Crippen LogP contribution is 2.13. The lowest BCUT2D eigenvalue weighted by Gasteiger charge is -2.42. The Labute approximate surface area is 73.2 Å². The number of nitrogens with two attached hydrogens (primary N) is 3. The van der Waals surface area contributed by atoms with Gasteiger partial charge in [-0.1, -0.05) is 0 Å². The molecule has 0 saturated carbocycles. The number of hydrogen-bond acceptors (Lipinski definition) is 5. The summed E-state index contributed by atoms with van der Waals surface area (Å²) in [6.45, 7) is 3.15. The molecule has 1 unspecified atom stereocenters. The molecular weight excluding hydrogens is 154 g/mol. The highest BCUT2D eigenvalue weighted by atomic mass is 15.5. The molecule has 1 fully saturated rings. The van der Waals surface area contributed by atoms with Crippen LogP contribution < -0.4 is 22.6 Å². The summed E-state index contributed by atoms with van der Waals surface area (Å²) in [5, 5.41) is 4.95. The van der Waals surface area contributed by atoms with Crippen LogP contribution in [0.2, 0.25) is 0 Å². The summed E-state index contributed by atoms with van der Waals surface area (Å²) >= 11 is 0. The first kappa shape index (κ1) is 9.88. The van der Waals surface area contributed by atoms with E-state index in [2.05, 4.69) is 5.32 Å². The Morgan fingerprint density at radius 1 is 1.50 bits per heavy atom. The van der Waals surface area contributed by atoms with E-state index >= 15 is 0 Å². The van der Waals surface area contributed by atoms with Crippen molar-refractivity contribution in [1.82, 2.24) is 10.3 Å². The molecule has 12 heavy (non-hydrogen) atoms. The van der Waals surface area contributed by atoms with Gasteiger partial charge >= 0.3 is 0 Å². The van der Waals surface area contributed by atoms with Gasteiger partial charge in [0.2, 0.25) is 0 Å². The summed E-state index contributed by atoms with van der Waals surface area (Å²) < 4.78 is 0. The van der Waals surface area contributed by atoms with E-state index in [1.165, 1.54) is 0 Å². The van der Waals surface area contributed by atoms with Crippen LogP contribution in [0.3, 0.4) is 0 Å². The number of nitrogens with one attached hydrogen (secondary N) is 1. The zero-order valence-electron chi connectivity index (χ0n) is 7.42. The predicted molar refractivity (Wildman–Crippen MR) is 49.0 cm³/mol. The fraction of sp³-hybridized carbons (Fsp3) is 1.00. The first-order chi connectivity index (χ1) is 5.69. The Morgan fingerprint density at radius 2 is 2.25 bits per heavy atom. The van der Waals surface area contributed by atoms with Crippen LogP contribution in [-0.4, -0.2) is 36.9 Å². The number of piperazine rings is 1. The molecule has 0 aromatic rings. The average molecular weight is 173 g/mol. The van der Waals surface area contributed by atoms with Gasteiger partial charge in [0.15, 0.2) is 0 Å². The summed E-state index contributed by atoms with van der Waals surface area (Å²) in [7, 11) is 0. The zero-order chi connectivity index (χ0) is 9.03. The Kier molecular flexibility index (Phi) is 3.42. The number of hydrogen-bond donors (Lipinski definition) is 4. The third-order valence-electron chi connectivity index (χ3n) is 2.35. The lowest BCUT2D eigenvalue weighted by molar-refractivity contribution is 0.0556. The van der Waals surface area contributed by atoms with E-state index in [-0.39, 0.29) is 0 Å². The van der Waals surface area contributed by atoms with Gasteiger partial charge in [0.1, 0.15) is 0 Å². The molecule has 0 aliphatic carbocycles. The van der Waals surface area contributed by atoms with Crippen LogP contribution >= 0.6 is 0 Å². The second-order valence-corrected chi connectivity index (χ2v) is 3.37. The molecule has 5 heteroatoms. The van der Waals surface area contributed by atoms with E-state index in [9.17, 15) is 0 Å². The predicted octanol–water partition coefficient (Wildman–Crippen LogP) is -1.84. The first-order valence-electron chi connectivity index (χ1n) is 4.41. The Morgan fingerprint density at radius 3 is 2.83 bits per heavy atom. The second kappa shape index (κ2) is 4.15. The molecule has 0 spiro atoms. The molecule has 0 aromatic carbocycles. The SMILES string of the molecule is NCCCC1(N)CNCCN1N. The van der Waals surface area contributed by atoms with E-state index in [0.717, 1.165) is 32.5 Å². The molecule has 1 aliphatic heterocycles. The van der Waals surface area contributed by atoms with Crippen LogP contribution in [-0.2, 0) is 0 Å². The minimum Gasteiger partial charge on any atom is -0.330 e. The maximum atomic E-state index is 6.07. The fourth-order valence-electron chi connectivity index (χ4n) is 1.47. The molecule has 7 N–H and O–H groups in total. The van der Waals surface area contributed by atoms with Gasteiger partial charge in [-0.25, -0.2) is 5.01 Å². The zero-order valence-corrected chi connectivity index (χ0v) is 7.42. The van der Waals surface area contributed by atoms with Gasteiger partial charge in [-0.2, -0.15) is 0 Å². The van der Waals surface area contributed by atoms with Crippen LogP contribution in [0.1, 0.15) is 12.8 Å². The summed E-state index contributed by atoms with van der Waals surface area (Å²) in [5.74, 6) is 5.78. The van der Waals surface area contributed by atoms with Crippen molar-refractivity contribution < 1.29 is 0 Å². The molecular formula is C7H19N5. The minimum atomic E-state index is -0.391. The van der Waals surface area contributed by atoms with E-state index in [1.54, 1.807) is 5.01 Å². The Hall–Kier alpha value is -0.200. The third kappa shape index (κ3) is 2.15. The van der Waals surface area contributed by atoms with Crippen molar-refractivity contribution in [3.8, 4) is 0 Å². The van der Waals surface area contributed by atoms with Gasteiger partial charge < -0.3 is 16.8 Å². The van der Waals surface area contributed by atoms with E-state index in [1.807, 2.05) is 0 Å². The molecule has 1 aliphatic rings. The topological polar surface area (TPSA) is 93.3 Å². The van der Waals surface area contributed by atoms with Gasteiger partial charge in [-0.15, -0.1) is 0 Å². The maximum absolute atomic E-state index is 6.07. The number of hydrazine groups is 1.